The first-order chi connectivity index (χ1) is 9.52. The van der Waals surface area contributed by atoms with Gasteiger partial charge < -0.3 is 10.6 Å². The van der Waals surface area contributed by atoms with Crippen molar-refractivity contribution in [2.24, 2.45) is 0 Å². The number of anilines is 2. The molecule has 0 spiro atoms. The van der Waals surface area contributed by atoms with Gasteiger partial charge in [0.25, 0.3) is 0 Å². The third-order valence-electron chi connectivity index (χ3n) is 3.63. The summed E-state index contributed by atoms with van der Waals surface area (Å²) in [4.78, 5) is 6.40. The topological polar surface area (TPSA) is 94.1 Å². The molecule has 0 bridgehead atoms. The Balaban J connectivity index is 2.05. The Morgan fingerprint density at radius 3 is 2.45 bits per heavy atom. The van der Waals surface area contributed by atoms with E-state index in [9.17, 15) is 8.42 Å². The predicted molar refractivity (Wildman–Crippen MR) is 79.4 cm³/mol. The van der Waals surface area contributed by atoms with Crippen LogP contribution >= 0.6 is 0 Å². The van der Waals surface area contributed by atoms with E-state index < -0.39 is 9.84 Å². The highest BCUT2D eigenvalue weighted by molar-refractivity contribution is 7.91. The molecule has 1 aromatic rings. The first kappa shape index (κ1) is 15.1. The molecule has 1 fully saturated rings. The number of aryl methyl sites for hydroxylation is 1. The molecule has 2 rings (SSSR count). The second-order valence-electron chi connectivity index (χ2n) is 5.13. The molecular weight excluding hydrogens is 278 g/mol. The number of hydrogen-bond donors (Lipinski definition) is 1. The summed E-state index contributed by atoms with van der Waals surface area (Å²) in [5.74, 6) is 1.10. The Morgan fingerprint density at radius 1 is 1.20 bits per heavy atom. The van der Waals surface area contributed by atoms with Crippen molar-refractivity contribution in [1.82, 2.24) is 14.8 Å². The second-order valence-corrected chi connectivity index (χ2v) is 7.60. The zero-order valence-corrected chi connectivity index (χ0v) is 12.8. The van der Waals surface area contributed by atoms with Gasteiger partial charge in [0.2, 0.25) is 11.9 Å². The van der Waals surface area contributed by atoms with Crippen LogP contribution in [0, 0.1) is 0 Å². The van der Waals surface area contributed by atoms with Crippen molar-refractivity contribution in [3.05, 3.63) is 0 Å². The lowest BCUT2D eigenvalue weighted by atomic mass is 10.2. The van der Waals surface area contributed by atoms with Crippen molar-refractivity contribution in [1.29, 1.82) is 0 Å². The molecule has 1 aliphatic heterocycles. The molecule has 2 heterocycles. The maximum absolute atomic E-state index is 11.5. The quantitative estimate of drug-likeness (QED) is 0.859. The maximum atomic E-state index is 11.5. The fourth-order valence-corrected chi connectivity index (χ4v) is 3.02. The Kier molecular flexibility index (Phi) is 4.85. The average Bonchev–Trinajstić information content (AvgIpc) is 2.65. The standard InChI is InChI=1S/C12H23N5O2S/c1-2-20(18,19)10-9-17-11(13)14-12(15-17)16-7-5-3-4-6-8-16/h2-10H2,1H3,(H2,13,14,15). The lowest BCUT2D eigenvalue weighted by molar-refractivity contribution is 0.582. The summed E-state index contributed by atoms with van der Waals surface area (Å²) >= 11 is 0. The molecule has 0 aliphatic carbocycles. The zero-order valence-electron chi connectivity index (χ0n) is 12.0. The van der Waals surface area contributed by atoms with Gasteiger partial charge in [-0.2, -0.15) is 4.98 Å². The lowest BCUT2D eigenvalue weighted by Gasteiger charge is -2.17. The van der Waals surface area contributed by atoms with Crippen LogP contribution in [0.3, 0.4) is 0 Å². The molecule has 1 saturated heterocycles. The van der Waals surface area contributed by atoms with Crippen molar-refractivity contribution >= 4 is 21.7 Å². The van der Waals surface area contributed by atoms with Crippen molar-refractivity contribution in [2.45, 2.75) is 39.2 Å². The van der Waals surface area contributed by atoms with Gasteiger partial charge >= 0.3 is 0 Å². The fraction of sp³-hybridized carbons (Fsp3) is 0.833. The smallest absolute Gasteiger partial charge is 0.246 e. The number of nitrogens with zero attached hydrogens (tertiary/aromatic N) is 4. The molecule has 7 nitrogen and oxygen atoms in total. The summed E-state index contributed by atoms with van der Waals surface area (Å²) in [6, 6.07) is 0. The van der Waals surface area contributed by atoms with E-state index in [0.29, 0.717) is 5.95 Å². The first-order valence-corrected chi connectivity index (χ1v) is 8.99. The molecule has 8 heteroatoms. The predicted octanol–water partition coefficient (Wildman–Crippen LogP) is 0.675. The van der Waals surface area contributed by atoms with Crippen molar-refractivity contribution in [2.75, 3.05) is 35.2 Å². The molecule has 0 radical (unpaired) electrons. The summed E-state index contributed by atoms with van der Waals surface area (Å²) in [5.41, 5.74) is 5.83. The van der Waals surface area contributed by atoms with Crippen molar-refractivity contribution in [3.63, 3.8) is 0 Å². The van der Waals surface area contributed by atoms with Gasteiger partial charge in [-0.25, -0.2) is 13.1 Å². The summed E-state index contributed by atoms with van der Waals surface area (Å²) in [6.07, 6.45) is 4.75. The second kappa shape index (κ2) is 6.43. The van der Waals surface area contributed by atoms with Gasteiger partial charge in [0.1, 0.15) is 0 Å². The van der Waals surface area contributed by atoms with E-state index in [4.69, 9.17) is 5.73 Å². The molecule has 1 aromatic heterocycles. The van der Waals surface area contributed by atoms with Crippen LogP contribution in [-0.4, -0.2) is 47.8 Å². The van der Waals surface area contributed by atoms with Gasteiger partial charge in [-0.05, 0) is 12.8 Å². The normalized spacial score (nSPS) is 17.1. The van der Waals surface area contributed by atoms with Crippen LogP contribution in [0.1, 0.15) is 32.6 Å². The van der Waals surface area contributed by atoms with Crippen LogP contribution in [0.5, 0.6) is 0 Å². The van der Waals surface area contributed by atoms with Crippen LogP contribution in [0.25, 0.3) is 0 Å². The van der Waals surface area contributed by atoms with Crippen molar-refractivity contribution in [3.8, 4) is 0 Å². The molecule has 0 saturated carbocycles. The Bertz CT molecular complexity index is 532. The summed E-state index contributed by atoms with van der Waals surface area (Å²) in [6.45, 7) is 3.79. The molecule has 0 atom stereocenters. The van der Waals surface area contributed by atoms with Gasteiger partial charge in [-0.1, -0.05) is 19.8 Å². The largest absolute Gasteiger partial charge is 0.368 e. The molecule has 0 unspecified atom stereocenters. The molecule has 0 amide bonds. The minimum atomic E-state index is -3.01. The van der Waals surface area contributed by atoms with E-state index in [0.717, 1.165) is 25.9 Å². The highest BCUT2D eigenvalue weighted by Gasteiger charge is 2.17. The molecule has 0 aromatic carbocycles. The zero-order chi connectivity index (χ0) is 14.6. The van der Waals surface area contributed by atoms with E-state index in [1.807, 2.05) is 0 Å². The number of nitrogens with two attached hydrogens (primary N) is 1. The van der Waals surface area contributed by atoms with Gasteiger partial charge in [0, 0.05) is 18.8 Å². The van der Waals surface area contributed by atoms with Gasteiger partial charge in [-0.15, -0.1) is 5.10 Å². The summed E-state index contributed by atoms with van der Waals surface area (Å²) in [5, 5.41) is 4.35. The van der Waals surface area contributed by atoms with E-state index >= 15 is 0 Å². The van der Waals surface area contributed by atoms with Crippen LogP contribution < -0.4 is 10.6 Å². The maximum Gasteiger partial charge on any atom is 0.246 e. The number of sulfone groups is 1. The first-order valence-electron chi connectivity index (χ1n) is 7.17. The number of nitrogen functional groups attached to an aromatic ring is 1. The molecule has 1 aliphatic rings. The average molecular weight is 301 g/mol. The third kappa shape index (κ3) is 3.84. The van der Waals surface area contributed by atoms with E-state index in [1.54, 1.807) is 6.92 Å². The Morgan fingerprint density at radius 2 is 1.85 bits per heavy atom. The molecule has 2 N–H and O–H groups in total. The van der Waals surface area contributed by atoms with Gasteiger partial charge in [0.15, 0.2) is 9.84 Å². The van der Waals surface area contributed by atoms with Crippen molar-refractivity contribution < 1.29 is 8.42 Å². The number of aromatic nitrogens is 3. The van der Waals surface area contributed by atoms with E-state index in [2.05, 4.69) is 15.0 Å². The Labute approximate surface area is 120 Å². The molecule has 20 heavy (non-hydrogen) atoms. The van der Waals surface area contributed by atoms with Crippen LogP contribution in [0.4, 0.5) is 11.9 Å². The molecule has 114 valence electrons. The SMILES string of the molecule is CCS(=O)(=O)CCn1nc(N2CCCCCC2)nc1N. The van der Waals surface area contributed by atoms with Crippen LogP contribution in [-0.2, 0) is 16.4 Å². The number of hydrogen-bond acceptors (Lipinski definition) is 6. The fourth-order valence-electron chi connectivity index (χ4n) is 2.28. The highest BCUT2D eigenvalue weighted by atomic mass is 32.2. The van der Waals surface area contributed by atoms with Gasteiger partial charge in [0.05, 0.1) is 12.3 Å². The Hall–Kier alpha value is -1.31. The minimum absolute atomic E-state index is 0.0521. The van der Waals surface area contributed by atoms with Gasteiger partial charge in [-0.3, -0.25) is 0 Å². The summed E-state index contributed by atoms with van der Waals surface area (Å²) in [7, 11) is -3.01. The minimum Gasteiger partial charge on any atom is -0.368 e. The molecular formula is C12H23N5O2S. The lowest BCUT2D eigenvalue weighted by Crippen LogP contribution is -2.25. The van der Waals surface area contributed by atoms with Crippen LogP contribution in [0.2, 0.25) is 0 Å². The third-order valence-corrected chi connectivity index (χ3v) is 5.32. The van der Waals surface area contributed by atoms with E-state index in [1.165, 1.54) is 17.5 Å². The highest BCUT2D eigenvalue weighted by Crippen LogP contribution is 2.17. The monoisotopic (exact) mass is 301 g/mol. The van der Waals surface area contributed by atoms with E-state index in [-0.39, 0.29) is 24.0 Å². The van der Waals surface area contributed by atoms with Crippen LogP contribution in [0.15, 0.2) is 0 Å². The summed E-state index contributed by atoms with van der Waals surface area (Å²) < 4.78 is 24.5. The number of rotatable bonds is 5.